The second kappa shape index (κ2) is 5.21. The van der Waals surface area contributed by atoms with Gasteiger partial charge in [0.2, 0.25) is 0 Å². The predicted molar refractivity (Wildman–Crippen MR) is 73.3 cm³/mol. The van der Waals surface area contributed by atoms with Gasteiger partial charge in [-0.1, -0.05) is 29.8 Å². The van der Waals surface area contributed by atoms with Gasteiger partial charge in [0.15, 0.2) is 0 Å². The molecule has 104 valence electrons. The van der Waals surface area contributed by atoms with Crippen molar-refractivity contribution in [2.45, 2.75) is 39.2 Å². The van der Waals surface area contributed by atoms with Crippen LogP contribution in [0.4, 0.5) is 0 Å². The summed E-state index contributed by atoms with van der Waals surface area (Å²) in [7, 11) is 0. The number of carbonyl (C=O) groups excluding carboxylic acids is 2. The topological polar surface area (TPSA) is 46.6 Å². The smallest absolute Gasteiger partial charge is 0.267 e. The van der Waals surface area contributed by atoms with E-state index >= 15 is 0 Å². The van der Waals surface area contributed by atoms with Crippen LogP contribution in [0.25, 0.3) is 0 Å². The highest BCUT2D eigenvalue weighted by molar-refractivity contribution is 6.18. The van der Waals surface area contributed by atoms with Gasteiger partial charge in [0.05, 0.1) is 0 Å². The molecule has 0 N–H and O–H groups in total. The number of hydrogen-bond acceptors (Lipinski definition) is 3. The van der Waals surface area contributed by atoms with Crippen molar-refractivity contribution in [2.75, 3.05) is 0 Å². The molecule has 3 rings (SSSR count). The third-order valence-corrected chi connectivity index (χ3v) is 3.83. The van der Waals surface area contributed by atoms with E-state index in [0.717, 1.165) is 23.5 Å². The van der Waals surface area contributed by atoms with E-state index in [0.29, 0.717) is 24.0 Å². The minimum Gasteiger partial charge on any atom is -0.267 e. The first-order valence-electron chi connectivity index (χ1n) is 6.96. The summed E-state index contributed by atoms with van der Waals surface area (Å²) in [5.74, 6) is -0.534. The molecule has 0 bridgehead atoms. The molecule has 0 radical (unpaired) electrons. The molecule has 1 aliphatic carbocycles. The van der Waals surface area contributed by atoms with Gasteiger partial charge in [0, 0.05) is 11.1 Å². The number of hydrogen-bond donors (Lipinski definition) is 0. The van der Waals surface area contributed by atoms with Gasteiger partial charge in [-0.25, -0.2) is 0 Å². The second-order valence-corrected chi connectivity index (χ2v) is 5.33. The van der Waals surface area contributed by atoms with Crippen LogP contribution in [0.1, 0.15) is 36.8 Å². The number of amides is 2. The fourth-order valence-electron chi connectivity index (χ4n) is 2.66. The van der Waals surface area contributed by atoms with Gasteiger partial charge in [-0.15, -0.1) is 5.06 Å². The summed E-state index contributed by atoms with van der Waals surface area (Å²) in [5.41, 5.74) is 3.43. The molecule has 0 aromatic heterocycles. The Hall–Kier alpha value is -1.94. The fourth-order valence-corrected chi connectivity index (χ4v) is 2.66. The first kappa shape index (κ1) is 13.1. The van der Waals surface area contributed by atoms with E-state index in [-0.39, 0.29) is 18.4 Å². The lowest BCUT2D eigenvalue weighted by Crippen LogP contribution is -2.31. The van der Waals surface area contributed by atoms with Crippen molar-refractivity contribution in [3.8, 4) is 0 Å². The number of rotatable bonds is 3. The van der Waals surface area contributed by atoms with Gasteiger partial charge in [-0.05, 0) is 38.2 Å². The summed E-state index contributed by atoms with van der Waals surface area (Å²) in [6, 6.07) is 7.84. The molecule has 0 saturated heterocycles. The van der Waals surface area contributed by atoms with Crippen LogP contribution in [-0.4, -0.2) is 16.9 Å². The van der Waals surface area contributed by atoms with Crippen molar-refractivity contribution in [2.24, 2.45) is 0 Å². The summed E-state index contributed by atoms with van der Waals surface area (Å²) in [6.07, 6.45) is 3.35. The molecule has 4 heteroatoms. The quantitative estimate of drug-likeness (QED) is 0.794. The molecular formula is C16H17NO3. The van der Waals surface area contributed by atoms with Crippen LogP contribution in [0.2, 0.25) is 0 Å². The average molecular weight is 271 g/mol. The van der Waals surface area contributed by atoms with Crippen LogP contribution in [0.3, 0.4) is 0 Å². The molecule has 1 aromatic rings. The Kier molecular flexibility index (Phi) is 3.40. The van der Waals surface area contributed by atoms with E-state index in [1.54, 1.807) is 0 Å². The molecule has 1 aliphatic heterocycles. The van der Waals surface area contributed by atoms with Crippen molar-refractivity contribution in [3.63, 3.8) is 0 Å². The molecule has 1 heterocycles. The highest BCUT2D eigenvalue weighted by atomic mass is 16.7. The monoisotopic (exact) mass is 271 g/mol. The molecule has 0 atom stereocenters. The molecule has 1 aromatic carbocycles. The van der Waals surface area contributed by atoms with Crippen molar-refractivity contribution < 1.29 is 14.4 Å². The first-order valence-corrected chi connectivity index (χ1v) is 6.96. The zero-order chi connectivity index (χ0) is 14.1. The number of nitrogens with zero attached hydrogens (tertiary/aromatic N) is 1. The van der Waals surface area contributed by atoms with E-state index in [9.17, 15) is 9.59 Å². The molecule has 2 aliphatic rings. The summed E-state index contributed by atoms with van der Waals surface area (Å²) in [5, 5.41) is 0.940. The van der Waals surface area contributed by atoms with Crippen LogP contribution in [0.15, 0.2) is 35.4 Å². The highest BCUT2D eigenvalue weighted by Crippen LogP contribution is 2.33. The maximum Gasteiger partial charge on any atom is 0.281 e. The lowest BCUT2D eigenvalue weighted by atomic mass is 9.93. The van der Waals surface area contributed by atoms with Gasteiger partial charge in [-0.2, -0.15) is 0 Å². The lowest BCUT2D eigenvalue weighted by molar-refractivity contribution is -0.190. The first-order chi connectivity index (χ1) is 9.66. The minimum atomic E-state index is -0.267. The number of hydroxylamine groups is 2. The Balaban J connectivity index is 1.69. The lowest BCUT2D eigenvalue weighted by Gasteiger charge is -2.14. The SMILES string of the molecule is Cc1ccc(CON2C(=O)C3=C(CCCC3)C2=O)cc1. The zero-order valence-corrected chi connectivity index (χ0v) is 11.5. The maximum atomic E-state index is 12.1. The number of carbonyl (C=O) groups is 2. The second-order valence-electron chi connectivity index (χ2n) is 5.33. The van der Waals surface area contributed by atoms with Crippen LogP contribution < -0.4 is 0 Å². The number of benzene rings is 1. The van der Waals surface area contributed by atoms with Crippen molar-refractivity contribution in [3.05, 3.63) is 46.5 Å². The molecule has 20 heavy (non-hydrogen) atoms. The summed E-state index contributed by atoms with van der Waals surface area (Å²) in [6.45, 7) is 2.24. The Morgan fingerprint density at radius 2 is 1.55 bits per heavy atom. The predicted octanol–water partition coefficient (Wildman–Crippen LogP) is 2.67. The fraction of sp³-hybridized carbons (Fsp3) is 0.375. The largest absolute Gasteiger partial charge is 0.281 e. The van der Waals surface area contributed by atoms with Gasteiger partial charge in [0.1, 0.15) is 6.61 Å². The molecule has 4 nitrogen and oxygen atoms in total. The maximum absolute atomic E-state index is 12.1. The standard InChI is InChI=1S/C16H17NO3/c1-11-6-8-12(9-7-11)10-20-17-15(18)13-4-2-3-5-14(13)16(17)19/h6-9H,2-5,10H2,1H3. The molecule has 0 unspecified atom stereocenters. The summed E-state index contributed by atoms with van der Waals surface area (Å²) >= 11 is 0. The normalized spacial score (nSPS) is 18.8. The molecule has 0 fully saturated rings. The Labute approximate surface area is 118 Å². The van der Waals surface area contributed by atoms with Crippen LogP contribution in [0.5, 0.6) is 0 Å². The molecule has 0 spiro atoms. The van der Waals surface area contributed by atoms with Crippen LogP contribution in [-0.2, 0) is 21.0 Å². The van der Waals surface area contributed by atoms with Crippen molar-refractivity contribution in [1.29, 1.82) is 0 Å². The summed E-state index contributed by atoms with van der Waals surface area (Å²) in [4.78, 5) is 29.7. The van der Waals surface area contributed by atoms with Crippen molar-refractivity contribution in [1.82, 2.24) is 5.06 Å². The minimum absolute atomic E-state index is 0.234. The Morgan fingerprint density at radius 3 is 2.10 bits per heavy atom. The average Bonchev–Trinajstić information content (AvgIpc) is 2.71. The third kappa shape index (κ3) is 2.27. The van der Waals surface area contributed by atoms with Gasteiger partial charge >= 0.3 is 0 Å². The van der Waals surface area contributed by atoms with Gasteiger partial charge < -0.3 is 0 Å². The van der Waals surface area contributed by atoms with E-state index in [1.165, 1.54) is 5.56 Å². The highest BCUT2D eigenvalue weighted by Gasteiger charge is 2.39. The zero-order valence-electron chi connectivity index (χ0n) is 11.5. The van der Waals surface area contributed by atoms with Gasteiger partial charge in [-0.3, -0.25) is 14.4 Å². The third-order valence-electron chi connectivity index (χ3n) is 3.83. The Morgan fingerprint density at radius 1 is 1.00 bits per heavy atom. The van der Waals surface area contributed by atoms with E-state index in [4.69, 9.17) is 4.84 Å². The Bertz CT molecular complexity index is 558. The van der Waals surface area contributed by atoms with Gasteiger partial charge in [0.25, 0.3) is 11.8 Å². The van der Waals surface area contributed by atoms with Crippen LogP contribution in [0, 0.1) is 6.92 Å². The van der Waals surface area contributed by atoms with E-state index < -0.39 is 0 Å². The van der Waals surface area contributed by atoms with Crippen molar-refractivity contribution >= 4 is 11.8 Å². The molecular weight excluding hydrogens is 254 g/mol. The number of imide groups is 1. The van der Waals surface area contributed by atoms with E-state index in [1.807, 2.05) is 31.2 Å². The number of aryl methyl sites for hydroxylation is 1. The van der Waals surface area contributed by atoms with E-state index in [2.05, 4.69) is 0 Å². The summed E-state index contributed by atoms with van der Waals surface area (Å²) < 4.78 is 0. The van der Waals surface area contributed by atoms with Crippen LogP contribution >= 0.6 is 0 Å². The molecule has 0 saturated carbocycles. The molecule has 2 amide bonds.